The van der Waals surface area contributed by atoms with Crippen molar-refractivity contribution >= 4 is 5.82 Å². The molecule has 1 N–H and O–H groups in total. The average molecular weight is 341 g/mol. The minimum absolute atomic E-state index is 0.158. The van der Waals surface area contributed by atoms with E-state index < -0.39 is 6.36 Å². The van der Waals surface area contributed by atoms with Crippen LogP contribution in [0.1, 0.15) is 30.0 Å². The van der Waals surface area contributed by atoms with E-state index in [1.807, 2.05) is 13.8 Å². The lowest BCUT2D eigenvalue weighted by Gasteiger charge is -2.16. The number of hydrogen-bond acceptors (Lipinski definition) is 5. The van der Waals surface area contributed by atoms with Crippen molar-refractivity contribution in [1.29, 1.82) is 0 Å². The number of anilines is 1. The summed E-state index contributed by atoms with van der Waals surface area (Å²) >= 11 is 0. The summed E-state index contributed by atoms with van der Waals surface area (Å²) in [5.41, 5.74) is 1.59. The van der Waals surface area contributed by atoms with Gasteiger partial charge in [-0.15, -0.1) is 13.2 Å². The third kappa shape index (κ3) is 5.38. The van der Waals surface area contributed by atoms with E-state index in [0.717, 1.165) is 11.3 Å². The van der Waals surface area contributed by atoms with E-state index >= 15 is 0 Å². The molecule has 1 heterocycles. The van der Waals surface area contributed by atoms with Crippen molar-refractivity contribution in [3.05, 3.63) is 47.4 Å². The fourth-order valence-electron chi connectivity index (χ4n) is 2.16. The number of nitrogens with zero attached hydrogens (tertiary/aromatic N) is 2. The van der Waals surface area contributed by atoms with Gasteiger partial charge < -0.3 is 14.8 Å². The van der Waals surface area contributed by atoms with Crippen molar-refractivity contribution < 1.29 is 22.6 Å². The molecule has 5 nitrogen and oxygen atoms in total. The predicted octanol–water partition coefficient (Wildman–Crippen LogP) is 4.00. The second kappa shape index (κ2) is 7.48. The first-order valence-corrected chi connectivity index (χ1v) is 7.22. The second-order valence-corrected chi connectivity index (χ2v) is 5.23. The molecule has 130 valence electrons. The van der Waals surface area contributed by atoms with Crippen LogP contribution in [0.4, 0.5) is 19.0 Å². The quantitative estimate of drug-likeness (QED) is 0.860. The van der Waals surface area contributed by atoms with Crippen molar-refractivity contribution in [2.45, 2.75) is 32.9 Å². The van der Waals surface area contributed by atoms with Crippen LogP contribution in [0.15, 0.2) is 30.3 Å². The Balaban J connectivity index is 2.08. The molecule has 0 saturated heterocycles. The number of aromatic nitrogens is 2. The molecule has 0 saturated carbocycles. The smallest absolute Gasteiger partial charge is 0.406 e. The first kappa shape index (κ1) is 18.0. The number of aryl methyl sites for hydroxylation is 1. The molecule has 1 aromatic heterocycles. The molecule has 1 atom stereocenters. The van der Waals surface area contributed by atoms with Crippen molar-refractivity contribution in [1.82, 2.24) is 9.97 Å². The van der Waals surface area contributed by atoms with Gasteiger partial charge in [0.2, 0.25) is 0 Å². The number of ether oxygens (including phenoxy) is 2. The van der Waals surface area contributed by atoms with Gasteiger partial charge in [0.05, 0.1) is 0 Å². The van der Waals surface area contributed by atoms with Crippen LogP contribution in [0.3, 0.4) is 0 Å². The van der Waals surface area contributed by atoms with Crippen LogP contribution in [0.5, 0.6) is 5.75 Å². The van der Waals surface area contributed by atoms with Crippen LogP contribution in [0.25, 0.3) is 0 Å². The lowest BCUT2D eigenvalue weighted by molar-refractivity contribution is -0.274. The highest BCUT2D eigenvalue weighted by Crippen LogP contribution is 2.25. The topological polar surface area (TPSA) is 56.3 Å². The van der Waals surface area contributed by atoms with Gasteiger partial charge in [-0.2, -0.15) is 0 Å². The van der Waals surface area contributed by atoms with Crippen molar-refractivity contribution in [2.24, 2.45) is 0 Å². The van der Waals surface area contributed by atoms with Crippen LogP contribution in [-0.4, -0.2) is 23.4 Å². The number of alkyl halides is 3. The number of rotatable bonds is 6. The molecule has 0 spiro atoms. The molecular weight excluding hydrogens is 323 g/mol. The number of nitrogens with one attached hydrogen (secondary N) is 1. The molecule has 0 aliphatic heterocycles. The van der Waals surface area contributed by atoms with E-state index in [0.29, 0.717) is 18.2 Å². The molecular formula is C16H18F3N3O2. The third-order valence-electron chi connectivity index (χ3n) is 3.15. The molecule has 2 rings (SSSR count). The monoisotopic (exact) mass is 341 g/mol. The maximum absolute atomic E-state index is 12.2. The van der Waals surface area contributed by atoms with Gasteiger partial charge in [-0.05, 0) is 31.5 Å². The summed E-state index contributed by atoms with van der Waals surface area (Å²) < 4.78 is 45.4. The molecule has 0 fully saturated rings. The largest absolute Gasteiger partial charge is 0.573 e. The van der Waals surface area contributed by atoms with E-state index in [1.165, 1.54) is 12.1 Å². The van der Waals surface area contributed by atoms with Gasteiger partial charge in [0.1, 0.15) is 18.2 Å². The molecule has 0 bridgehead atoms. The van der Waals surface area contributed by atoms with Crippen LogP contribution in [-0.2, 0) is 11.3 Å². The summed E-state index contributed by atoms with van der Waals surface area (Å²) in [6.07, 6.45) is -4.69. The number of methoxy groups -OCH3 is 1. The van der Waals surface area contributed by atoms with Gasteiger partial charge in [-0.25, -0.2) is 9.97 Å². The van der Waals surface area contributed by atoms with Crippen LogP contribution < -0.4 is 10.1 Å². The van der Waals surface area contributed by atoms with Crippen LogP contribution >= 0.6 is 0 Å². The summed E-state index contributed by atoms with van der Waals surface area (Å²) in [5, 5.41) is 3.20. The predicted molar refractivity (Wildman–Crippen MR) is 82.6 cm³/mol. The molecule has 0 aliphatic rings. The van der Waals surface area contributed by atoms with Gasteiger partial charge >= 0.3 is 6.36 Å². The molecule has 0 unspecified atom stereocenters. The van der Waals surface area contributed by atoms with E-state index in [2.05, 4.69) is 20.0 Å². The molecule has 0 radical (unpaired) electrons. The maximum Gasteiger partial charge on any atom is 0.573 e. The number of benzene rings is 1. The lowest BCUT2D eigenvalue weighted by Crippen LogP contribution is -2.17. The van der Waals surface area contributed by atoms with Gasteiger partial charge in [-0.3, -0.25) is 0 Å². The van der Waals surface area contributed by atoms with Crippen LogP contribution in [0.2, 0.25) is 0 Å². The fraction of sp³-hybridized carbons (Fsp3) is 0.375. The molecule has 0 amide bonds. The Morgan fingerprint density at radius 2 is 1.83 bits per heavy atom. The van der Waals surface area contributed by atoms with E-state index in [4.69, 9.17) is 4.74 Å². The fourth-order valence-corrected chi connectivity index (χ4v) is 2.16. The first-order chi connectivity index (χ1) is 11.3. The standard InChI is InChI=1S/C16H18F3N3O2/c1-10-8-14(22-15(20-10)9-23-3)21-11(2)12-4-6-13(7-5-12)24-16(17,18)19/h4-8,11H,9H2,1-3H3,(H,20,21,22)/t11-/m0/s1. The van der Waals surface area contributed by atoms with Gasteiger partial charge in [0.25, 0.3) is 0 Å². The zero-order valence-electron chi connectivity index (χ0n) is 13.5. The molecule has 24 heavy (non-hydrogen) atoms. The van der Waals surface area contributed by atoms with Crippen molar-refractivity contribution in [3.8, 4) is 5.75 Å². The minimum Gasteiger partial charge on any atom is -0.406 e. The first-order valence-electron chi connectivity index (χ1n) is 7.22. The van der Waals surface area contributed by atoms with Crippen molar-refractivity contribution in [2.75, 3.05) is 12.4 Å². The van der Waals surface area contributed by atoms with Gasteiger partial charge in [-0.1, -0.05) is 12.1 Å². The summed E-state index contributed by atoms with van der Waals surface area (Å²) in [7, 11) is 1.56. The second-order valence-electron chi connectivity index (χ2n) is 5.23. The van der Waals surface area contributed by atoms with Crippen molar-refractivity contribution in [3.63, 3.8) is 0 Å². The Kier molecular flexibility index (Phi) is 5.61. The Labute approximate surface area is 137 Å². The van der Waals surface area contributed by atoms with Gasteiger partial charge in [0, 0.05) is 24.9 Å². The SMILES string of the molecule is COCc1nc(C)cc(N[C@@H](C)c2ccc(OC(F)(F)F)cc2)n1. The van der Waals surface area contributed by atoms with E-state index in [1.54, 1.807) is 25.3 Å². The average Bonchev–Trinajstić information content (AvgIpc) is 2.46. The Hall–Kier alpha value is -2.35. The highest BCUT2D eigenvalue weighted by molar-refractivity contribution is 5.40. The van der Waals surface area contributed by atoms with Crippen LogP contribution in [0, 0.1) is 6.92 Å². The summed E-state index contributed by atoms with van der Waals surface area (Å²) in [5.74, 6) is 0.928. The summed E-state index contributed by atoms with van der Waals surface area (Å²) in [6.45, 7) is 4.03. The highest BCUT2D eigenvalue weighted by atomic mass is 19.4. The summed E-state index contributed by atoms with van der Waals surface area (Å²) in [6, 6.07) is 7.34. The normalized spacial score (nSPS) is 12.8. The number of hydrogen-bond donors (Lipinski definition) is 1. The zero-order valence-corrected chi connectivity index (χ0v) is 13.5. The molecule has 2 aromatic rings. The Morgan fingerprint density at radius 1 is 1.17 bits per heavy atom. The molecule has 8 heteroatoms. The minimum atomic E-state index is -4.69. The lowest BCUT2D eigenvalue weighted by atomic mass is 10.1. The zero-order chi connectivity index (χ0) is 17.7. The summed E-state index contributed by atoms with van der Waals surface area (Å²) in [4.78, 5) is 8.58. The highest BCUT2D eigenvalue weighted by Gasteiger charge is 2.31. The third-order valence-corrected chi connectivity index (χ3v) is 3.15. The molecule has 1 aromatic carbocycles. The Bertz CT molecular complexity index is 675. The Morgan fingerprint density at radius 3 is 2.42 bits per heavy atom. The number of halogens is 3. The van der Waals surface area contributed by atoms with E-state index in [-0.39, 0.29) is 11.8 Å². The molecule has 0 aliphatic carbocycles. The van der Waals surface area contributed by atoms with Gasteiger partial charge in [0.15, 0.2) is 5.82 Å². The van der Waals surface area contributed by atoms with E-state index in [9.17, 15) is 13.2 Å². The maximum atomic E-state index is 12.2.